The first-order chi connectivity index (χ1) is 10.7. The number of rotatable bonds is 2. The summed E-state index contributed by atoms with van der Waals surface area (Å²) >= 11 is 0. The molecule has 0 aliphatic heterocycles. The fourth-order valence-electron chi connectivity index (χ4n) is 2.22. The Hall–Kier alpha value is -3.09. The number of halogens is 2. The van der Waals surface area contributed by atoms with Gasteiger partial charge in [0, 0.05) is 6.07 Å². The van der Waals surface area contributed by atoms with Crippen molar-refractivity contribution >= 4 is 11.1 Å². The topological polar surface area (TPSA) is 56.7 Å². The van der Waals surface area contributed by atoms with E-state index in [2.05, 4.69) is 15.2 Å². The Morgan fingerprint density at radius 1 is 0.955 bits per heavy atom. The fourth-order valence-corrected chi connectivity index (χ4v) is 2.22. The van der Waals surface area contributed by atoms with E-state index in [1.807, 2.05) is 0 Å². The predicted octanol–water partition coefficient (Wildman–Crippen LogP) is 3.35. The first-order valence-corrected chi connectivity index (χ1v) is 6.42. The molecule has 0 atom stereocenters. The summed E-state index contributed by atoms with van der Waals surface area (Å²) in [6, 6.07) is 8.81. The van der Waals surface area contributed by atoms with Gasteiger partial charge in [-0.2, -0.15) is 0 Å². The van der Waals surface area contributed by atoms with Gasteiger partial charge in [-0.3, -0.25) is 4.57 Å². The van der Waals surface area contributed by atoms with Gasteiger partial charge in [-0.25, -0.2) is 13.8 Å². The van der Waals surface area contributed by atoms with Crippen molar-refractivity contribution in [1.29, 1.82) is 0 Å². The molecule has 7 heteroatoms. The van der Waals surface area contributed by atoms with Crippen LogP contribution in [0.25, 0.3) is 28.2 Å². The number of aromatic nitrogens is 4. The molecule has 5 nitrogen and oxygen atoms in total. The van der Waals surface area contributed by atoms with Crippen LogP contribution in [-0.4, -0.2) is 19.7 Å². The first kappa shape index (κ1) is 12.6. The molecule has 2 heterocycles. The lowest BCUT2D eigenvalue weighted by Crippen LogP contribution is -1.89. The molecular weight excluding hydrogens is 290 g/mol. The van der Waals surface area contributed by atoms with E-state index in [9.17, 15) is 8.78 Å². The van der Waals surface area contributed by atoms with E-state index in [1.165, 1.54) is 18.7 Å². The number of nitrogens with zero attached hydrogens (tertiary/aromatic N) is 4. The van der Waals surface area contributed by atoms with Gasteiger partial charge in [0.15, 0.2) is 5.58 Å². The molecule has 2 aromatic carbocycles. The first-order valence-electron chi connectivity index (χ1n) is 6.42. The third-order valence-corrected chi connectivity index (χ3v) is 3.27. The number of hydrogen-bond donors (Lipinski definition) is 0. The standard InChI is InChI=1S/C15H8F2N4O/c16-10-2-1-3-11(17)14(10)15-20-12-5-4-9(6-13(12)22-15)21-7-18-19-8-21/h1-8H. The number of oxazole rings is 1. The van der Waals surface area contributed by atoms with Crippen molar-refractivity contribution in [2.24, 2.45) is 0 Å². The van der Waals surface area contributed by atoms with E-state index in [-0.39, 0.29) is 11.5 Å². The zero-order valence-corrected chi connectivity index (χ0v) is 11.1. The summed E-state index contributed by atoms with van der Waals surface area (Å²) < 4.78 is 34.8. The summed E-state index contributed by atoms with van der Waals surface area (Å²) in [6.07, 6.45) is 3.07. The van der Waals surface area contributed by atoms with Crippen molar-refractivity contribution in [3.05, 3.63) is 60.7 Å². The summed E-state index contributed by atoms with van der Waals surface area (Å²) in [5.74, 6) is -1.53. The van der Waals surface area contributed by atoms with Gasteiger partial charge < -0.3 is 4.42 Å². The molecule has 0 aliphatic rings. The molecule has 0 N–H and O–H groups in total. The lowest BCUT2D eigenvalue weighted by molar-refractivity contribution is 0.560. The quantitative estimate of drug-likeness (QED) is 0.569. The minimum absolute atomic E-state index is 0.0912. The molecule has 0 fully saturated rings. The molecule has 0 bridgehead atoms. The average Bonchev–Trinajstić information content (AvgIpc) is 3.15. The maximum Gasteiger partial charge on any atom is 0.233 e. The fraction of sp³-hybridized carbons (Fsp3) is 0. The largest absolute Gasteiger partial charge is 0.436 e. The smallest absolute Gasteiger partial charge is 0.233 e. The van der Waals surface area contributed by atoms with E-state index in [0.29, 0.717) is 11.1 Å². The lowest BCUT2D eigenvalue weighted by atomic mass is 10.2. The van der Waals surface area contributed by atoms with Gasteiger partial charge in [0.1, 0.15) is 35.4 Å². The summed E-state index contributed by atoms with van der Waals surface area (Å²) in [5, 5.41) is 7.44. The van der Waals surface area contributed by atoms with Crippen LogP contribution in [0.3, 0.4) is 0 Å². The van der Waals surface area contributed by atoms with Crippen molar-refractivity contribution < 1.29 is 13.2 Å². The van der Waals surface area contributed by atoms with Crippen LogP contribution in [0.15, 0.2) is 53.5 Å². The minimum Gasteiger partial charge on any atom is -0.436 e. The molecule has 0 unspecified atom stereocenters. The zero-order chi connectivity index (χ0) is 15.1. The van der Waals surface area contributed by atoms with E-state index < -0.39 is 11.6 Å². The van der Waals surface area contributed by atoms with Gasteiger partial charge in [0.2, 0.25) is 5.89 Å². The average molecular weight is 298 g/mol. The molecular formula is C15H8F2N4O. The minimum atomic E-state index is -0.717. The van der Waals surface area contributed by atoms with Crippen LogP contribution in [0.4, 0.5) is 8.78 Å². The van der Waals surface area contributed by atoms with Crippen LogP contribution < -0.4 is 0 Å². The van der Waals surface area contributed by atoms with Crippen molar-refractivity contribution in [3.8, 4) is 17.1 Å². The second kappa shape index (κ2) is 4.73. The molecule has 4 rings (SSSR count). The summed E-state index contributed by atoms with van der Waals surface area (Å²) in [7, 11) is 0. The summed E-state index contributed by atoms with van der Waals surface area (Å²) in [4.78, 5) is 4.14. The van der Waals surface area contributed by atoms with Crippen molar-refractivity contribution in [2.75, 3.05) is 0 Å². The molecule has 4 aromatic rings. The maximum absolute atomic E-state index is 13.8. The lowest BCUT2D eigenvalue weighted by Gasteiger charge is -1.99. The third kappa shape index (κ3) is 1.95. The molecule has 108 valence electrons. The second-order valence-corrected chi connectivity index (χ2v) is 4.64. The highest BCUT2D eigenvalue weighted by atomic mass is 19.1. The predicted molar refractivity (Wildman–Crippen MR) is 74.3 cm³/mol. The molecule has 0 aliphatic carbocycles. The molecule has 0 spiro atoms. The Labute approximate surface area is 122 Å². The van der Waals surface area contributed by atoms with E-state index in [1.54, 1.807) is 22.8 Å². The SMILES string of the molecule is Fc1cccc(F)c1-c1nc2ccc(-n3cnnc3)cc2o1. The van der Waals surface area contributed by atoms with Crippen molar-refractivity contribution in [3.63, 3.8) is 0 Å². The molecule has 0 amide bonds. The van der Waals surface area contributed by atoms with Gasteiger partial charge in [-0.1, -0.05) is 6.07 Å². The normalized spacial score (nSPS) is 11.2. The van der Waals surface area contributed by atoms with E-state index in [0.717, 1.165) is 17.8 Å². The Kier molecular flexibility index (Phi) is 2.72. The third-order valence-electron chi connectivity index (χ3n) is 3.27. The highest BCUT2D eigenvalue weighted by molar-refractivity contribution is 5.78. The van der Waals surface area contributed by atoms with Gasteiger partial charge >= 0.3 is 0 Å². The number of benzene rings is 2. The highest BCUT2D eigenvalue weighted by Crippen LogP contribution is 2.29. The molecule has 0 saturated heterocycles. The van der Waals surface area contributed by atoms with Crippen molar-refractivity contribution in [1.82, 2.24) is 19.7 Å². The molecule has 0 radical (unpaired) electrons. The van der Waals surface area contributed by atoms with Gasteiger partial charge in [-0.05, 0) is 24.3 Å². The number of fused-ring (bicyclic) bond motifs is 1. The maximum atomic E-state index is 13.8. The molecule has 22 heavy (non-hydrogen) atoms. The van der Waals surface area contributed by atoms with E-state index in [4.69, 9.17) is 4.42 Å². The Balaban J connectivity index is 1.88. The van der Waals surface area contributed by atoms with Crippen LogP contribution in [0.1, 0.15) is 0 Å². The highest BCUT2D eigenvalue weighted by Gasteiger charge is 2.17. The van der Waals surface area contributed by atoms with Gasteiger partial charge in [0.05, 0.1) is 5.69 Å². The Bertz CT molecular complexity index is 943. The Morgan fingerprint density at radius 2 is 1.68 bits per heavy atom. The number of hydrogen-bond acceptors (Lipinski definition) is 4. The molecule has 0 saturated carbocycles. The van der Waals surface area contributed by atoms with Gasteiger partial charge in [-0.15, -0.1) is 10.2 Å². The molecule has 2 aromatic heterocycles. The Morgan fingerprint density at radius 3 is 2.41 bits per heavy atom. The van der Waals surface area contributed by atoms with E-state index >= 15 is 0 Å². The van der Waals surface area contributed by atoms with Crippen LogP contribution in [0.2, 0.25) is 0 Å². The van der Waals surface area contributed by atoms with Crippen molar-refractivity contribution in [2.45, 2.75) is 0 Å². The van der Waals surface area contributed by atoms with Crippen LogP contribution >= 0.6 is 0 Å². The monoisotopic (exact) mass is 298 g/mol. The zero-order valence-electron chi connectivity index (χ0n) is 11.1. The second-order valence-electron chi connectivity index (χ2n) is 4.64. The summed E-state index contributed by atoms with van der Waals surface area (Å²) in [5.41, 5.74) is 1.41. The van der Waals surface area contributed by atoms with Crippen LogP contribution in [-0.2, 0) is 0 Å². The van der Waals surface area contributed by atoms with Crippen LogP contribution in [0.5, 0.6) is 0 Å². The summed E-state index contributed by atoms with van der Waals surface area (Å²) in [6.45, 7) is 0. The van der Waals surface area contributed by atoms with Gasteiger partial charge in [0.25, 0.3) is 0 Å². The van der Waals surface area contributed by atoms with Crippen LogP contribution in [0, 0.1) is 11.6 Å².